The van der Waals surface area contributed by atoms with Crippen LogP contribution in [0.3, 0.4) is 0 Å². The molecule has 2 rings (SSSR count). The molecule has 0 spiro atoms. The van der Waals surface area contributed by atoms with Crippen LogP contribution in [0.25, 0.3) is 0 Å². The third kappa shape index (κ3) is 1.53. The molecule has 0 radical (unpaired) electrons. The van der Waals surface area contributed by atoms with E-state index in [9.17, 15) is 4.79 Å². The third-order valence-corrected chi connectivity index (χ3v) is 3.64. The summed E-state index contributed by atoms with van der Waals surface area (Å²) in [6, 6.07) is 0.542. The number of rotatable bonds is 3. The van der Waals surface area contributed by atoms with Gasteiger partial charge in [0.25, 0.3) is 0 Å². The molecule has 0 aliphatic carbocycles. The Morgan fingerprint density at radius 2 is 2.36 bits per heavy atom. The van der Waals surface area contributed by atoms with Crippen LogP contribution in [-0.4, -0.2) is 42.5 Å². The summed E-state index contributed by atoms with van der Waals surface area (Å²) in [7, 11) is 0. The number of likely N-dealkylation sites (tertiary alicyclic amines) is 1. The fourth-order valence-electron chi connectivity index (χ4n) is 2.63. The maximum Gasteiger partial charge on any atom is 0.234 e. The number of carbonyl (C=O) groups excluding carboxylic acids is 1. The molecule has 4 heteroatoms. The predicted molar refractivity (Wildman–Crippen MR) is 54.7 cm³/mol. The van der Waals surface area contributed by atoms with Gasteiger partial charge in [-0.25, -0.2) is 0 Å². The van der Waals surface area contributed by atoms with Crippen molar-refractivity contribution < 1.29 is 4.79 Å². The van der Waals surface area contributed by atoms with Gasteiger partial charge in [-0.1, -0.05) is 13.3 Å². The van der Waals surface area contributed by atoms with Crippen LogP contribution in [0.4, 0.5) is 0 Å². The Morgan fingerprint density at radius 3 is 2.86 bits per heavy atom. The van der Waals surface area contributed by atoms with Gasteiger partial charge >= 0.3 is 0 Å². The van der Waals surface area contributed by atoms with Crippen molar-refractivity contribution in [1.82, 2.24) is 10.2 Å². The molecule has 80 valence electrons. The van der Waals surface area contributed by atoms with Crippen LogP contribution in [-0.2, 0) is 4.79 Å². The second-order valence-electron chi connectivity index (χ2n) is 4.34. The van der Waals surface area contributed by atoms with Crippen LogP contribution in [0.15, 0.2) is 0 Å². The van der Waals surface area contributed by atoms with Gasteiger partial charge in [0.15, 0.2) is 0 Å². The van der Waals surface area contributed by atoms with E-state index in [0.29, 0.717) is 12.0 Å². The van der Waals surface area contributed by atoms with Crippen molar-refractivity contribution in [3.8, 4) is 0 Å². The molecule has 0 saturated carbocycles. The normalized spacial score (nSPS) is 38.2. The number of amides is 1. The highest BCUT2D eigenvalue weighted by Crippen LogP contribution is 2.27. The van der Waals surface area contributed by atoms with Gasteiger partial charge in [-0.3, -0.25) is 9.69 Å². The summed E-state index contributed by atoms with van der Waals surface area (Å²) in [5.74, 6) is 0.537. The predicted octanol–water partition coefficient (Wildman–Crippen LogP) is -0.456. The summed E-state index contributed by atoms with van der Waals surface area (Å²) in [6.45, 7) is 5.35. The summed E-state index contributed by atoms with van der Waals surface area (Å²) in [5, 5.41) is 3.39. The maximum absolute atomic E-state index is 11.1. The van der Waals surface area contributed by atoms with Crippen molar-refractivity contribution in [3.05, 3.63) is 0 Å². The van der Waals surface area contributed by atoms with Crippen LogP contribution in [0.2, 0.25) is 0 Å². The molecule has 4 nitrogen and oxygen atoms in total. The van der Waals surface area contributed by atoms with E-state index >= 15 is 0 Å². The van der Waals surface area contributed by atoms with Crippen LogP contribution >= 0.6 is 0 Å². The maximum atomic E-state index is 11.1. The first-order valence-electron chi connectivity index (χ1n) is 5.49. The minimum absolute atomic E-state index is 0.00829. The van der Waals surface area contributed by atoms with E-state index in [2.05, 4.69) is 17.1 Å². The second-order valence-corrected chi connectivity index (χ2v) is 4.34. The van der Waals surface area contributed by atoms with E-state index in [1.165, 1.54) is 6.42 Å². The molecule has 2 aliphatic heterocycles. The van der Waals surface area contributed by atoms with Crippen LogP contribution in [0.5, 0.6) is 0 Å². The molecule has 2 heterocycles. The summed E-state index contributed by atoms with van der Waals surface area (Å²) >= 11 is 0. The summed E-state index contributed by atoms with van der Waals surface area (Å²) < 4.78 is 0. The molecule has 3 atom stereocenters. The highest BCUT2D eigenvalue weighted by molar-refractivity contribution is 5.80. The molecule has 3 N–H and O–H groups in total. The lowest BCUT2D eigenvalue weighted by Gasteiger charge is -2.44. The Bertz CT molecular complexity index is 231. The summed E-state index contributed by atoms with van der Waals surface area (Å²) in [5.41, 5.74) is 5.34. The zero-order valence-electron chi connectivity index (χ0n) is 8.70. The SMILES string of the molecule is CCC1CNCC1N1CCC1C(N)=O. The van der Waals surface area contributed by atoms with Crippen molar-refractivity contribution in [1.29, 1.82) is 0 Å². The molecule has 0 bridgehead atoms. The Morgan fingerprint density at radius 1 is 1.57 bits per heavy atom. The number of nitrogens with two attached hydrogens (primary N) is 1. The van der Waals surface area contributed by atoms with Gasteiger partial charge in [-0.2, -0.15) is 0 Å². The number of nitrogens with one attached hydrogen (secondary N) is 1. The zero-order chi connectivity index (χ0) is 10.1. The number of nitrogens with zero attached hydrogens (tertiary/aromatic N) is 1. The van der Waals surface area contributed by atoms with Crippen LogP contribution in [0, 0.1) is 5.92 Å². The van der Waals surface area contributed by atoms with E-state index in [1.54, 1.807) is 0 Å². The number of primary amides is 1. The van der Waals surface area contributed by atoms with E-state index in [1.807, 2.05) is 0 Å². The highest BCUT2D eigenvalue weighted by Gasteiger charge is 2.41. The topological polar surface area (TPSA) is 58.4 Å². The molecule has 1 amide bonds. The standard InChI is InChI=1S/C10H19N3O/c1-2-7-5-12-6-9(7)13-4-3-8(13)10(11)14/h7-9,12H,2-6H2,1H3,(H2,11,14). The van der Waals surface area contributed by atoms with Crippen LogP contribution < -0.4 is 11.1 Å². The monoisotopic (exact) mass is 197 g/mol. The molecule has 2 aliphatic rings. The van der Waals surface area contributed by atoms with E-state index in [0.717, 1.165) is 26.1 Å². The van der Waals surface area contributed by atoms with Gasteiger partial charge in [0, 0.05) is 19.1 Å². The highest BCUT2D eigenvalue weighted by atomic mass is 16.1. The van der Waals surface area contributed by atoms with Gasteiger partial charge in [-0.15, -0.1) is 0 Å². The van der Waals surface area contributed by atoms with E-state index in [4.69, 9.17) is 5.73 Å². The summed E-state index contributed by atoms with van der Waals surface area (Å²) in [6.07, 6.45) is 2.13. The Kier molecular flexibility index (Phi) is 2.74. The van der Waals surface area contributed by atoms with Gasteiger partial charge < -0.3 is 11.1 Å². The van der Waals surface area contributed by atoms with Gasteiger partial charge in [-0.05, 0) is 18.9 Å². The lowest BCUT2D eigenvalue weighted by Crippen LogP contribution is -2.60. The Balaban J connectivity index is 1.97. The van der Waals surface area contributed by atoms with Crippen LogP contribution in [0.1, 0.15) is 19.8 Å². The average Bonchev–Trinajstić information content (AvgIpc) is 2.49. The lowest BCUT2D eigenvalue weighted by atomic mass is 9.92. The summed E-state index contributed by atoms with van der Waals surface area (Å²) in [4.78, 5) is 13.4. The molecular formula is C10H19N3O. The minimum atomic E-state index is -0.155. The Labute approximate surface area is 84.8 Å². The fraction of sp³-hybridized carbons (Fsp3) is 0.900. The lowest BCUT2D eigenvalue weighted by molar-refractivity contribution is -0.129. The number of hydrogen-bond acceptors (Lipinski definition) is 3. The molecule has 2 fully saturated rings. The first-order valence-corrected chi connectivity index (χ1v) is 5.49. The number of carbonyl (C=O) groups is 1. The van der Waals surface area contributed by atoms with Gasteiger partial charge in [0.2, 0.25) is 5.91 Å². The fourth-order valence-corrected chi connectivity index (χ4v) is 2.63. The molecule has 0 aromatic carbocycles. The van der Waals surface area contributed by atoms with Gasteiger partial charge in [0.05, 0.1) is 6.04 Å². The van der Waals surface area contributed by atoms with E-state index in [-0.39, 0.29) is 11.9 Å². The molecule has 2 saturated heterocycles. The zero-order valence-corrected chi connectivity index (χ0v) is 8.70. The average molecular weight is 197 g/mol. The van der Waals surface area contributed by atoms with Crippen molar-refractivity contribution >= 4 is 5.91 Å². The molecular weight excluding hydrogens is 178 g/mol. The first kappa shape index (κ1) is 9.93. The van der Waals surface area contributed by atoms with E-state index < -0.39 is 0 Å². The number of hydrogen-bond donors (Lipinski definition) is 2. The first-order chi connectivity index (χ1) is 6.74. The Hall–Kier alpha value is -0.610. The largest absolute Gasteiger partial charge is 0.368 e. The molecule has 3 unspecified atom stereocenters. The van der Waals surface area contributed by atoms with Crippen molar-refractivity contribution in [2.24, 2.45) is 11.7 Å². The minimum Gasteiger partial charge on any atom is -0.368 e. The second kappa shape index (κ2) is 3.87. The van der Waals surface area contributed by atoms with Gasteiger partial charge in [0.1, 0.15) is 0 Å². The smallest absolute Gasteiger partial charge is 0.234 e. The quantitative estimate of drug-likeness (QED) is 0.644. The molecule has 14 heavy (non-hydrogen) atoms. The molecule has 0 aromatic rings. The van der Waals surface area contributed by atoms with Crippen molar-refractivity contribution in [3.63, 3.8) is 0 Å². The molecule has 0 aromatic heterocycles. The van der Waals surface area contributed by atoms with Crippen molar-refractivity contribution in [2.75, 3.05) is 19.6 Å². The third-order valence-electron chi connectivity index (χ3n) is 3.64. The van der Waals surface area contributed by atoms with Crippen molar-refractivity contribution in [2.45, 2.75) is 31.8 Å².